The highest BCUT2D eigenvalue weighted by Gasteiger charge is 2.47. The van der Waals surface area contributed by atoms with Gasteiger partial charge in [0.05, 0.1) is 5.66 Å². The van der Waals surface area contributed by atoms with Gasteiger partial charge >= 0.3 is 0 Å². The van der Waals surface area contributed by atoms with Gasteiger partial charge in [-0.15, -0.1) is 0 Å². The molecule has 0 saturated carbocycles. The van der Waals surface area contributed by atoms with Crippen molar-refractivity contribution in [2.24, 2.45) is 40.1 Å². The van der Waals surface area contributed by atoms with Gasteiger partial charge in [0.25, 0.3) is 0 Å². The molecule has 68 valence electrons. The molecule has 0 aromatic rings. The summed E-state index contributed by atoms with van der Waals surface area (Å²) < 4.78 is 0. The normalized spacial score (nSPS) is 15.3. The molecule has 11 heavy (non-hydrogen) atoms. The van der Waals surface area contributed by atoms with Crippen molar-refractivity contribution in [3.05, 3.63) is 0 Å². The SMILES string of the molecule is CC(N)(N)C(N)(N)C(N)(N)N. The zero-order valence-corrected chi connectivity index (χ0v) is 6.54. The van der Waals surface area contributed by atoms with Crippen molar-refractivity contribution in [2.45, 2.75) is 24.0 Å². The summed E-state index contributed by atoms with van der Waals surface area (Å²) in [7, 11) is 0. The molecule has 0 spiro atoms. The molecule has 7 heteroatoms. The van der Waals surface area contributed by atoms with Crippen molar-refractivity contribution >= 4 is 0 Å². The molecule has 0 aliphatic rings. The summed E-state index contributed by atoms with van der Waals surface area (Å²) in [5, 5.41) is 0. The van der Waals surface area contributed by atoms with Crippen LogP contribution in [0.2, 0.25) is 0 Å². The largest absolute Gasteiger partial charge is 0.311 e. The topological polar surface area (TPSA) is 182 Å². The predicted octanol–water partition coefficient (Wildman–Crippen LogP) is -4.24. The van der Waals surface area contributed by atoms with Gasteiger partial charge < -0.3 is 22.9 Å². The van der Waals surface area contributed by atoms with Crippen LogP contribution in [0.3, 0.4) is 0 Å². The average Bonchev–Trinajstić information content (AvgIpc) is 1.58. The quantitative estimate of drug-likeness (QED) is 0.201. The van der Waals surface area contributed by atoms with Crippen molar-refractivity contribution in [3.63, 3.8) is 0 Å². The van der Waals surface area contributed by atoms with E-state index in [1.807, 2.05) is 0 Å². The van der Waals surface area contributed by atoms with Crippen LogP contribution < -0.4 is 40.1 Å². The van der Waals surface area contributed by atoms with Crippen LogP contribution in [0.1, 0.15) is 6.92 Å². The molecule has 0 saturated heterocycles. The van der Waals surface area contributed by atoms with Crippen LogP contribution in [-0.4, -0.2) is 17.1 Å². The first kappa shape index (κ1) is 10.7. The molecule has 0 rings (SSSR count). The summed E-state index contributed by atoms with van der Waals surface area (Å²) in [6, 6.07) is 0. The van der Waals surface area contributed by atoms with Crippen LogP contribution in [-0.2, 0) is 0 Å². The second-order valence-electron chi connectivity index (χ2n) is 3.08. The maximum Gasteiger partial charge on any atom is 0.151 e. The Balaban J connectivity index is 4.75. The van der Waals surface area contributed by atoms with Gasteiger partial charge in [0, 0.05) is 0 Å². The lowest BCUT2D eigenvalue weighted by atomic mass is 9.91. The number of hydrogen-bond donors (Lipinski definition) is 7. The molecule has 0 aromatic heterocycles. The lowest BCUT2D eigenvalue weighted by Gasteiger charge is -2.45. The molecule has 14 N–H and O–H groups in total. The standard InChI is InChI=1S/C4H17N7/c1-2(5,6)3(7,8)4(9,10)11/h5-11H2,1H3. The van der Waals surface area contributed by atoms with Crippen molar-refractivity contribution in [1.29, 1.82) is 0 Å². The molecular weight excluding hydrogens is 146 g/mol. The first-order valence-corrected chi connectivity index (χ1v) is 3.02. The van der Waals surface area contributed by atoms with Gasteiger partial charge in [0.1, 0.15) is 5.66 Å². The van der Waals surface area contributed by atoms with Crippen molar-refractivity contribution in [1.82, 2.24) is 0 Å². The molecular formula is C4H17N7. The van der Waals surface area contributed by atoms with Gasteiger partial charge in [0.2, 0.25) is 0 Å². The van der Waals surface area contributed by atoms with Gasteiger partial charge in [-0.25, -0.2) is 0 Å². The molecule has 0 atom stereocenters. The van der Waals surface area contributed by atoms with Gasteiger partial charge in [-0.05, 0) is 6.92 Å². The number of nitrogens with two attached hydrogens (primary N) is 7. The van der Waals surface area contributed by atoms with E-state index < -0.39 is 17.1 Å². The number of rotatable bonds is 2. The van der Waals surface area contributed by atoms with Crippen LogP contribution in [0.4, 0.5) is 0 Å². The van der Waals surface area contributed by atoms with Gasteiger partial charge in [-0.1, -0.05) is 0 Å². The molecule has 0 amide bonds. The van der Waals surface area contributed by atoms with Crippen LogP contribution in [0, 0.1) is 0 Å². The van der Waals surface area contributed by atoms with E-state index in [4.69, 9.17) is 40.1 Å². The Hall–Kier alpha value is -0.280. The minimum absolute atomic E-state index is 1.38. The third kappa shape index (κ3) is 1.84. The molecule has 0 aromatic carbocycles. The van der Waals surface area contributed by atoms with Crippen LogP contribution in [0.15, 0.2) is 0 Å². The Morgan fingerprint density at radius 1 is 0.727 bits per heavy atom. The summed E-state index contributed by atoms with van der Waals surface area (Å²) >= 11 is 0. The smallest absolute Gasteiger partial charge is 0.151 e. The van der Waals surface area contributed by atoms with Crippen molar-refractivity contribution in [3.8, 4) is 0 Å². The monoisotopic (exact) mass is 163 g/mol. The molecule has 0 fully saturated rings. The summed E-state index contributed by atoms with van der Waals surface area (Å²) in [5.41, 5.74) is 34.2. The minimum Gasteiger partial charge on any atom is -0.311 e. The Labute approximate surface area is 65.2 Å². The third-order valence-corrected chi connectivity index (χ3v) is 1.61. The Bertz CT molecular complexity index is 122. The molecule has 0 heterocycles. The summed E-state index contributed by atoms with van der Waals surface area (Å²) in [6.45, 7) is 1.38. The van der Waals surface area contributed by atoms with E-state index in [1.165, 1.54) is 6.92 Å². The fourth-order valence-corrected chi connectivity index (χ4v) is 0.467. The van der Waals surface area contributed by atoms with E-state index in [-0.39, 0.29) is 0 Å². The second kappa shape index (κ2) is 2.35. The zero-order valence-electron chi connectivity index (χ0n) is 6.54. The van der Waals surface area contributed by atoms with Crippen LogP contribution >= 0.6 is 0 Å². The zero-order chi connectivity index (χ0) is 9.50. The van der Waals surface area contributed by atoms with E-state index >= 15 is 0 Å². The summed E-state index contributed by atoms with van der Waals surface area (Å²) in [5.74, 6) is -1.81. The Morgan fingerprint density at radius 3 is 1.00 bits per heavy atom. The van der Waals surface area contributed by atoms with E-state index in [2.05, 4.69) is 0 Å². The van der Waals surface area contributed by atoms with E-state index in [9.17, 15) is 0 Å². The lowest BCUT2D eigenvalue weighted by molar-refractivity contribution is 0.137. The summed E-state index contributed by atoms with van der Waals surface area (Å²) in [6.07, 6.45) is 0. The fraction of sp³-hybridized carbons (Fsp3) is 1.00. The average molecular weight is 163 g/mol. The first-order valence-electron chi connectivity index (χ1n) is 3.02. The Kier molecular flexibility index (Phi) is 2.29. The predicted molar refractivity (Wildman–Crippen MR) is 43.2 cm³/mol. The highest BCUT2D eigenvalue weighted by atomic mass is 15.3. The Morgan fingerprint density at radius 2 is 1.00 bits per heavy atom. The second-order valence-corrected chi connectivity index (χ2v) is 3.08. The molecule has 7 nitrogen and oxygen atoms in total. The highest BCUT2D eigenvalue weighted by Crippen LogP contribution is 2.09. The minimum atomic E-state index is -1.81. The molecule has 0 unspecified atom stereocenters. The maximum atomic E-state index is 5.42. The molecule has 0 bridgehead atoms. The fourth-order valence-electron chi connectivity index (χ4n) is 0.467. The van der Waals surface area contributed by atoms with E-state index in [0.717, 1.165) is 0 Å². The van der Waals surface area contributed by atoms with Gasteiger partial charge in [-0.3, -0.25) is 17.2 Å². The third-order valence-electron chi connectivity index (χ3n) is 1.61. The maximum absolute atomic E-state index is 5.42. The molecule has 0 aliphatic carbocycles. The summed E-state index contributed by atoms with van der Waals surface area (Å²) in [4.78, 5) is 0. The van der Waals surface area contributed by atoms with Crippen molar-refractivity contribution < 1.29 is 0 Å². The molecule has 0 radical (unpaired) electrons. The number of hydrogen-bond acceptors (Lipinski definition) is 7. The van der Waals surface area contributed by atoms with Crippen LogP contribution in [0.25, 0.3) is 0 Å². The van der Waals surface area contributed by atoms with Gasteiger partial charge in [0.15, 0.2) is 5.79 Å². The highest BCUT2D eigenvalue weighted by molar-refractivity contribution is 5.06. The first-order chi connectivity index (χ1) is 4.50. The van der Waals surface area contributed by atoms with Crippen LogP contribution in [0.5, 0.6) is 0 Å². The van der Waals surface area contributed by atoms with E-state index in [0.29, 0.717) is 0 Å². The molecule has 0 aliphatic heterocycles. The van der Waals surface area contributed by atoms with Crippen molar-refractivity contribution in [2.75, 3.05) is 0 Å². The lowest BCUT2D eigenvalue weighted by Crippen LogP contribution is -2.91. The van der Waals surface area contributed by atoms with Gasteiger partial charge in [-0.2, -0.15) is 0 Å². The van der Waals surface area contributed by atoms with E-state index in [1.54, 1.807) is 0 Å².